The Morgan fingerprint density at radius 2 is 1.60 bits per heavy atom. The summed E-state index contributed by atoms with van der Waals surface area (Å²) in [4.78, 5) is 28.9. The largest absolute Gasteiger partial charge is 0.333 e. The third kappa shape index (κ3) is 5.65. The predicted molar refractivity (Wildman–Crippen MR) is 158 cm³/mol. The van der Waals surface area contributed by atoms with Crippen LogP contribution in [0.3, 0.4) is 0 Å². The Balaban J connectivity index is 1.20. The lowest BCUT2D eigenvalue weighted by Gasteiger charge is -2.57. The molecule has 0 spiro atoms. The molecule has 4 aliphatic rings. The van der Waals surface area contributed by atoms with Crippen molar-refractivity contribution in [1.82, 2.24) is 20.0 Å². The summed E-state index contributed by atoms with van der Waals surface area (Å²) in [6.07, 6.45) is 7.24. The van der Waals surface area contributed by atoms with Gasteiger partial charge < -0.3 is 15.5 Å². The van der Waals surface area contributed by atoms with Gasteiger partial charge in [0.2, 0.25) is 5.91 Å². The lowest BCUT2D eigenvalue weighted by molar-refractivity contribution is -0.117. The molecule has 4 saturated carbocycles. The number of amides is 3. The van der Waals surface area contributed by atoms with Crippen molar-refractivity contribution in [3.63, 3.8) is 0 Å². The first-order chi connectivity index (χ1) is 19.2. The highest BCUT2D eigenvalue weighted by Gasteiger charge is 2.51. The van der Waals surface area contributed by atoms with Gasteiger partial charge in [0.15, 0.2) is 0 Å². The second-order valence-electron chi connectivity index (χ2n) is 13.0. The molecular weight excluding hydrogens is 498 g/mol. The molecule has 4 bridgehead atoms. The standard InChI is InChI=1S/C33H41N5O2/c1-22(2)20-37(32(40)35-33-17-24-13-25(18-33)15-26(14-24)19-33)21-31(39)34-30-16-29(27-7-5-4-6-8-27)36-38(30)28-11-9-23(3)10-12-28/h4-12,16,22,24-26H,13-15,17-21H2,1-3H3,(H,34,39)(H,35,40). The fourth-order valence-electron chi connectivity index (χ4n) is 7.69. The summed E-state index contributed by atoms with van der Waals surface area (Å²) in [5.74, 6) is 2.84. The van der Waals surface area contributed by atoms with Crippen LogP contribution >= 0.6 is 0 Å². The van der Waals surface area contributed by atoms with Gasteiger partial charge in [0, 0.05) is 23.7 Å². The number of aryl methyl sites for hydroxylation is 1. The van der Waals surface area contributed by atoms with E-state index in [4.69, 9.17) is 5.10 Å². The van der Waals surface area contributed by atoms with E-state index in [1.807, 2.05) is 67.6 Å². The molecule has 2 aromatic carbocycles. The number of urea groups is 1. The minimum absolute atomic E-state index is 0.00384. The van der Waals surface area contributed by atoms with E-state index < -0.39 is 0 Å². The molecule has 4 aliphatic carbocycles. The van der Waals surface area contributed by atoms with Crippen LogP contribution in [0.2, 0.25) is 0 Å². The van der Waals surface area contributed by atoms with Crippen LogP contribution in [-0.4, -0.2) is 45.2 Å². The van der Waals surface area contributed by atoms with Crippen molar-refractivity contribution in [2.45, 2.75) is 64.8 Å². The summed E-state index contributed by atoms with van der Waals surface area (Å²) in [6, 6.07) is 19.8. The normalized spacial score (nSPS) is 24.8. The summed E-state index contributed by atoms with van der Waals surface area (Å²) in [5.41, 5.74) is 3.67. The lowest BCUT2D eigenvalue weighted by Crippen LogP contribution is -2.62. The fraction of sp³-hybridized carbons (Fsp3) is 0.485. The molecule has 2 N–H and O–H groups in total. The van der Waals surface area contributed by atoms with Gasteiger partial charge in [0.25, 0.3) is 0 Å². The quantitative estimate of drug-likeness (QED) is 0.347. The van der Waals surface area contributed by atoms with E-state index in [0.29, 0.717) is 12.4 Å². The van der Waals surface area contributed by atoms with E-state index in [1.165, 1.54) is 19.3 Å². The average molecular weight is 540 g/mol. The first kappa shape index (κ1) is 26.6. The third-order valence-corrected chi connectivity index (χ3v) is 8.94. The summed E-state index contributed by atoms with van der Waals surface area (Å²) in [6.45, 7) is 6.74. The molecule has 0 saturated heterocycles. The number of rotatable bonds is 8. The van der Waals surface area contributed by atoms with Crippen LogP contribution in [0.5, 0.6) is 0 Å². The molecule has 210 valence electrons. The van der Waals surface area contributed by atoms with Crippen molar-refractivity contribution in [3.05, 3.63) is 66.2 Å². The van der Waals surface area contributed by atoms with Crippen molar-refractivity contribution in [2.75, 3.05) is 18.4 Å². The molecule has 3 amide bonds. The lowest BCUT2D eigenvalue weighted by atomic mass is 9.53. The Morgan fingerprint density at radius 1 is 0.975 bits per heavy atom. The molecule has 1 heterocycles. The highest BCUT2D eigenvalue weighted by atomic mass is 16.2. The van der Waals surface area contributed by atoms with E-state index >= 15 is 0 Å². The maximum Gasteiger partial charge on any atom is 0.318 e. The van der Waals surface area contributed by atoms with Gasteiger partial charge in [-0.2, -0.15) is 5.10 Å². The topological polar surface area (TPSA) is 79.3 Å². The number of hydrogen-bond acceptors (Lipinski definition) is 3. The van der Waals surface area contributed by atoms with Crippen molar-refractivity contribution in [2.24, 2.45) is 23.7 Å². The number of hydrogen-bond donors (Lipinski definition) is 2. The molecule has 40 heavy (non-hydrogen) atoms. The second-order valence-corrected chi connectivity index (χ2v) is 13.0. The Labute approximate surface area is 237 Å². The van der Waals surface area contributed by atoms with Crippen molar-refractivity contribution >= 4 is 17.8 Å². The van der Waals surface area contributed by atoms with Crippen LogP contribution in [0.4, 0.5) is 10.6 Å². The summed E-state index contributed by atoms with van der Waals surface area (Å²) in [7, 11) is 0. The van der Waals surface area contributed by atoms with Crippen LogP contribution in [0.25, 0.3) is 16.9 Å². The summed E-state index contributed by atoms with van der Waals surface area (Å²) < 4.78 is 1.77. The minimum atomic E-state index is -0.228. The van der Waals surface area contributed by atoms with Crippen LogP contribution in [0, 0.1) is 30.6 Å². The molecule has 7 heteroatoms. The molecule has 0 atom stereocenters. The highest BCUT2D eigenvalue weighted by molar-refractivity contribution is 5.94. The molecule has 0 unspecified atom stereocenters. The van der Waals surface area contributed by atoms with Gasteiger partial charge in [-0.05, 0) is 81.3 Å². The highest BCUT2D eigenvalue weighted by Crippen LogP contribution is 2.55. The Morgan fingerprint density at radius 3 is 2.20 bits per heavy atom. The maximum atomic E-state index is 13.7. The number of carbonyl (C=O) groups is 2. The second kappa shape index (κ2) is 10.8. The number of benzene rings is 2. The van der Waals surface area contributed by atoms with Crippen LogP contribution in [0.15, 0.2) is 60.7 Å². The number of nitrogens with zero attached hydrogens (tertiary/aromatic N) is 3. The first-order valence-electron chi connectivity index (χ1n) is 14.8. The van der Waals surface area contributed by atoms with E-state index in [-0.39, 0.29) is 29.9 Å². The number of carbonyl (C=O) groups excluding carboxylic acids is 2. The molecule has 7 rings (SSSR count). The number of anilines is 1. The molecule has 0 aliphatic heterocycles. The minimum Gasteiger partial charge on any atom is -0.333 e. The average Bonchev–Trinajstić information content (AvgIpc) is 3.31. The van der Waals surface area contributed by atoms with Gasteiger partial charge >= 0.3 is 6.03 Å². The Bertz CT molecular complexity index is 1330. The molecule has 4 fully saturated rings. The monoisotopic (exact) mass is 539 g/mol. The smallest absolute Gasteiger partial charge is 0.318 e. The van der Waals surface area contributed by atoms with E-state index in [9.17, 15) is 9.59 Å². The van der Waals surface area contributed by atoms with Gasteiger partial charge in [-0.3, -0.25) is 4.79 Å². The van der Waals surface area contributed by atoms with E-state index in [2.05, 4.69) is 24.5 Å². The maximum absolute atomic E-state index is 13.7. The zero-order valence-electron chi connectivity index (χ0n) is 23.9. The number of aromatic nitrogens is 2. The molecule has 0 radical (unpaired) electrons. The van der Waals surface area contributed by atoms with Gasteiger partial charge in [0.05, 0.1) is 11.4 Å². The molecule has 7 nitrogen and oxygen atoms in total. The van der Waals surface area contributed by atoms with Gasteiger partial charge in [-0.15, -0.1) is 0 Å². The SMILES string of the molecule is Cc1ccc(-n2nc(-c3ccccc3)cc2NC(=O)CN(CC(C)C)C(=O)NC23CC4CC(CC(C4)C2)C3)cc1. The Hall–Kier alpha value is -3.61. The number of nitrogens with one attached hydrogen (secondary N) is 2. The van der Waals surface area contributed by atoms with Crippen molar-refractivity contribution in [1.29, 1.82) is 0 Å². The first-order valence-corrected chi connectivity index (χ1v) is 14.8. The Kier molecular flexibility index (Phi) is 7.15. The predicted octanol–water partition coefficient (Wildman–Crippen LogP) is 6.42. The van der Waals surface area contributed by atoms with Gasteiger partial charge in [-0.1, -0.05) is 61.9 Å². The zero-order valence-corrected chi connectivity index (χ0v) is 23.9. The van der Waals surface area contributed by atoms with Crippen LogP contribution < -0.4 is 10.6 Å². The summed E-state index contributed by atoms with van der Waals surface area (Å²) >= 11 is 0. The van der Waals surface area contributed by atoms with Crippen LogP contribution in [-0.2, 0) is 4.79 Å². The van der Waals surface area contributed by atoms with Gasteiger partial charge in [0.1, 0.15) is 12.4 Å². The van der Waals surface area contributed by atoms with E-state index in [1.54, 1.807) is 9.58 Å². The molecule has 1 aromatic heterocycles. The van der Waals surface area contributed by atoms with Crippen molar-refractivity contribution in [3.8, 4) is 16.9 Å². The third-order valence-electron chi connectivity index (χ3n) is 8.94. The van der Waals surface area contributed by atoms with Crippen LogP contribution in [0.1, 0.15) is 57.9 Å². The fourth-order valence-corrected chi connectivity index (χ4v) is 7.69. The molecule has 3 aromatic rings. The van der Waals surface area contributed by atoms with Gasteiger partial charge in [-0.25, -0.2) is 9.48 Å². The zero-order chi connectivity index (χ0) is 27.9. The molecular formula is C33H41N5O2. The van der Waals surface area contributed by atoms with E-state index in [0.717, 1.165) is 59.5 Å². The summed E-state index contributed by atoms with van der Waals surface area (Å²) in [5, 5.41) is 11.4. The van der Waals surface area contributed by atoms with Crippen molar-refractivity contribution < 1.29 is 9.59 Å².